The molecule has 1 heterocycles. The number of hydrogen-bond donors (Lipinski definition) is 2. The highest BCUT2D eigenvalue weighted by Gasteiger charge is 2.24. The molecule has 0 bridgehead atoms. The third-order valence-electron chi connectivity index (χ3n) is 4.04. The second kappa shape index (κ2) is 6.06. The van der Waals surface area contributed by atoms with E-state index >= 15 is 0 Å². The first-order chi connectivity index (χ1) is 9.00. The van der Waals surface area contributed by atoms with Gasteiger partial charge in [-0.2, -0.15) is 5.10 Å². The van der Waals surface area contributed by atoms with E-state index in [9.17, 15) is 5.11 Å². The Morgan fingerprint density at radius 3 is 2.74 bits per heavy atom. The van der Waals surface area contributed by atoms with Crippen molar-refractivity contribution in [2.24, 2.45) is 5.92 Å². The summed E-state index contributed by atoms with van der Waals surface area (Å²) in [5, 5.41) is 17.4. The van der Waals surface area contributed by atoms with Crippen molar-refractivity contribution in [3.05, 3.63) is 18.0 Å². The average Bonchev–Trinajstić information content (AvgIpc) is 2.85. The lowest BCUT2D eigenvalue weighted by molar-refractivity contribution is 0.152. The summed E-state index contributed by atoms with van der Waals surface area (Å²) >= 11 is 0. The van der Waals surface area contributed by atoms with Gasteiger partial charge in [0.05, 0.1) is 11.7 Å². The predicted molar refractivity (Wildman–Crippen MR) is 76.9 cm³/mol. The number of aromatic nitrogens is 2. The second-order valence-corrected chi connectivity index (χ2v) is 6.68. The van der Waals surface area contributed by atoms with Crippen LogP contribution in [-0.4, -0.2) is 27.5 Å². The van der Waals surface area contributed by atoms with Gasteiger partial charge in [0.2, 0.25) is 0 Å². The minimum absolute atomic E-state index is 0.0384. The minimum atomic E-state index is 0.0384. The molecule has 2 rings (SSSR count). The molecule has 1 aliphatic rings. The van der Waals surface area contributed by atoms with Crippen LogP contribution in [0.25, 0.3) is 0 Å². The average molecular weight is 265 g/mol. The van der Waals surface area contributed by atoms with Crippen molar-refractivity contribution in [1.82, 2.24) is 15.1 Å². The Morgan fingerprint density at radius 1 is 1.37 bits per heavy atom. The smallest absolute Gasteiger partial charge is 0.0543 e. The Bertz CT molecular complexity index is 394. The fourth-order valence-electron chi connectivity index (χ4n) is 2.76. The number of aliphatic hydroxyl groups is 1. The third kappa shape index (κ3) is 3.80. The molecule has 4 heteroatoms. The number of aliphatic hydroxyl groups excluding tert-OH is 1. The lowest BCUT2D eigenvalue weighted by atomic mass is 9.85. The van der Waals surface area contributed by atoms with Gasteiger partial charge < -0.3 is 10.4 Å². The van der Waals surface area contributed by atoms with Gasteiger partial charge in [-0.3, -0.25) is 4.68 Å². The number of nitrogens with zero attached hydrogens (tertiary/aromatic N) is 2. The molecule has 1 aromatic heterocycles. The lowest BCUT2D eigenvalue weighted by Crippen LogP contribution is -2.39. The van der Waals surface area contributed by atoms with Crippen LogP contribution in [0.4, 0.5) is 0 Å². The molecule has 0 aromatic carbocycles. The molecule has 0 radical (unpaired) electrons. The van der Waals surface area contributed by atoms with Crippen LogP contribution in [0.1, 0.15) is 52.0 Å². The summed E-state index contributed by atoms with van der Waals surface area (Å²) in [4.78, 5) is 0. The Kier molecular flexibility index (Phi) is 4.63. The van der Waals surface area contributed by atoms with Crippen LogP contribution in [0, 0.1) is 5.92 Å². The molecule has 0 spiro atoms. The maximum absolute atomic E-state index is 9.41. The molecule has 19 heavy (non-hydrogen) atoms. The van der Waals surface area contributed by atoms with Gasteiger partial charge in [-0.1, -0.05) is 12.8 Å². The minimum Gasteiger partial charge on any atom is -0.396 e. The van der Waals surface area contributed by atoms with Crippen LogP contribution in [-0.2, 0) is 12.1 Å². The van der Waals surface area contributed by atoms with Crippen molar-refractivity contribution in [2.45, 2.75) is 64.6 Å². The molecule has 0 amide bonds. The van der Waals surface area contributed by atoms with E-state index in [1.165, 1.54) is 24.8 Å². The molecule has 1 saturated carbocycles. The van der Waals surface area contributed by atoms with Crippen molar-refractivity contribution in [3.8, 4) is 0 Å². The number of hydrogen-bond acceptors (Lipinski definition) is 3. The maximum Gasteiger partial charge on any atom is 0.0543 e. The van der Waals surface area contributed by atoms with Gasteiger partial charge in [0.1, 0.15) is 0 Å². The molecule has 0 aliphatic heterocycles. The number of nitrogens with one attached hydrogen (secondary N) is 1. The molecule has 2 unspecified atom stereocenters. The summed E-state index contributed by atoms with van der Waals surface area (Å²) in [6, 6.07) is 0.455. The Hall–Kier alpha value is -0.870. The molecule has 2 N–H and O–H groups in total. The van der Waals surface area contributed by atoms with Crippen molar-refractivity contribution >= 4 is 0 Å². The van der Waals surface area contributed by atoms with Crippen molar-refractivity contribution < 1.29 is 5.11 Å². The standard InChI is InChI=1S/C15H27N3O/c1-15(2,3)18-10-12(9-17-18)8-16-14-7-5-4-6-13(14)11-19/h9-10,13-14,16,19H,4-8,11H2,1-3H3. The molecule has 108 valence electrons. The molecule has 1 aliphatic carbocycles. The van der Waals surface area contributed by atoms with Gasteiger partial charge in [0.15, 0.2) is 0 Å². The highest BCUT2D eigenvalue weighted by atomic mass is 16.3. The van der Waals surface area contributed by atoms with E-state index in [0.717, 1.165) is 13.0 Å². The maximum atomic E-state index is 9.41. The van der Waals surface area contributed by atoms with E-state index in [2.05, 4.69) is 37.4 Å². The largest absolute Gasteiger partial charge is 0.396 e. The zero-order valence-electron chi connectivity index (χ0n) is 12.4. The van der Waals surface area contributed by atoms with Crippen LogP contribution in [0.3, 0.4) is 0 Å². The van der Waals surface area contributed by atoms with Crippen LogP contribution >= 0.6 is 0 Å². The quantitative estimate of drug-likeness (QED) is 0.878. The molecule has 1 fully saturated rings. The molecule has 2 atom stereocenters. The molecule has 0 saturated heterocycles. The van der Waals surface area contributed by atoms with Crippen LogP contribution in [0.2, 0.25) is 0 Å². The Labute approximate surface area is 116 Å². The summed E-state index contributed by atoms with van der Waals surface area (Å²) < 4.78 is 2.01. The van der Waals surface area contributed by atoms with E-state index < -0.39 is 0 Å². The van der Waals surface area contributed by atoms with Crippen LogP contribution in [0.5, 0.6) is 0 Å². The second-order valence-electron chi connectivity index (χ2n) is 6.68. The van der Waals surface area contributed by atoms with E-state index in [1.807, 2.05) is 10.9 Å². The summed E-state index contributed by atoms with van der Waals surface area (Å²) in [6.07, 6.45) is 8.91. The third-order valence-corrected chi connectivity index (χ3v) is 4.04. The Morgan fingerprint density at radius 2 is 2.11 bits per heavy atom. The fraction of sp³-hybridized carbons (Fsp3) is 0.800. The van der Waals surface area contributed by atoms with Crippen molar-refractivity contribution in [1.29, 1.82) is 0 Å². The van der Waals surface area contributed by atoms with E-state index in [4.69, 9.17) is 0 Å². The van der Waals surface area contributed by atoms with Gasteiger partial charge in [0, 0.05) is 31.0 Å². The zero-order valence-corrected chi connectivity index (χ0v) is 12.4. The first-order valence-corrected chi connectivity index (χ1v) is 7.39. The first kappa shape index (κ1) is 14.5. The van der Waals surface area contributed by atoms with Gasteiger partial charge in [-0.05, 0) is 39.5 Å². The van der Waals surface area contributed by atoms with Gasteiger partial charge in [-0.15, -0.1) is 0 Å². The summed E-state index contributed by atoms with van der Waals surface area (Å²) in [5.74, 6) is 0.423. The van der Waals surface area contributed by atoms with Crippen LogP contribution in [0.15, 0.2) is 12.4 Å². The van der Waals surface area contributed by atoms with Crippen molar-refractivity contribution in [2.75, 3.05) is 6.61 Å². The van der Waals surface area contributed by atoms with Gasteiger partial charge in [0.25, 0.3) is 0 Å². The summed E-state index contributed by atoms with van der Waals surface area (Å²) in [5.41, 5.74) is 1.26. The number of rotatable bonds is 4. The summed E-state index contributed by atoms with van der Waals surface area (Å²) in [7, 11) is 0. The van der Waals surface area contributed by atoms with Crippen molar-refractivity contribution in [3.63, 3.8) is 0 Å². The fourth-order valence-corrected chi connectivity index (χ4v) is 2.76. The van der Waals surface area contributed by atoms with E-state index in [1.54, 1.807) is 0 Å². The topological polar surface area (TPSA) is 50.1 Å². The molecule has 4 nitrogen and oxygen atoms in total. The lowest BCUT2D eigenvalue weighted by Gasteiger charge is -2.30. The summed E-state index contributed by atoms with van der Waals surface area (Å²) in [6.45, 7) is 7.61. The van der Waals surface area contributed by atoms with E-state index in [0.29, 0.717) is 18.6 Å². The highest BCUT2D eigenvalue weighted by molar-refractivity contribution is 5.05. The first-order valence-electron chi connectivity index (χ1n) is 7.39. The Balaban J connectivity index is 1.89. The monoisotopic (exact) mass is 265 g/mol. The molecular formula is C15H27N3O. The molecular weight excluding hydrogens is 238 g/mol. The van der Waals surface area contributed by atoms with Gasteiger partial charge >= 0.3 is 0 Å². The normalized spacial score (nSPS) is 24.6. The molecule has 1 aromatic rings. The predicted octanol–water partition coefficient (Wildman–Crippen LogP) is 2.28. The van der Waals surface area contributed by atoms with E-state index in [-0.39, 0.29) is 5.54 Å². The highest BCUT2D eigenvalue weighted by Crippen LogP contribution is 2.24. The SMILES string of the molecule is CC(C)(C)n1cc(CNC2CCCCC2CO)cn1. The van der Waals surface area contributed by atoms with Crippen LogP contribution < -0.4 is 5.32 Å². The van der Waals surface area contributed by atoms with Gasteiger partial charge in [-0.25, -0.2) is 0 Å². The zero-order chi connectivity index (χ0) is 13.9.